The van der Waals surface area contributed by atoms with Crippen molar-refractivity contribution in [2.24, 2.45) is 0 Å². The van der Waals surface area contributed by atoms with E-state index in [1.54, 1.807) is 24.3 Å². The van der Waals surface area contributed by atoms with E-state index >= 15 is 0 Å². The van der Waals surface area contributed by atoms with Gasteiger partial charge in [-0.2, -0.15) is 13.2 Å². The molecule has 3 aromatic rings. The number of halogens is 3. The number of carbonyl (C=O) groups is 1. The van der Waals surface area contributed by atoms with Crippen molar-refractivity contribution in [3.8, 4) is 11.5 Å². The first-order valence-corrected chi connectivity index (χ1v) is 7.48. The van der Waals surface area contributed by atoms with Crippen molar-refractivity contribution in [1.82, 2.24) is 15.5 Å². The summed E-state index contributed by atoms with van der Waals surface area (Å²) in [6, 6.07) is 11.5. The zero-order valence-corrected chi connectivity index (χ0v) is 13.5. The van der Waals surface area contributed by atoms with E-state index in [0.29, 0.717) is 16.9 Å². The van der Waals surface area contributed by atoms with Gasteiger partial charge in [0.1, 0.15) is 0 Å². The molecule has 0 aliphatic carbocycles. The number of alkyl halides is 3. The smallest absolute Gasteiger partial charge is 0.412 e. The molecule has 0 saturated carbocycles. The second-order valence-corrected chi connectivity index (χ2v) is 5.24. The van der Waals surface area contributed by atoms with Gasteiger partial charge >= 0.3 is 18.0 Å². The van der Waals surface area contributed by atoms with Crippen LogP contribution in [0.5, 0.6) is 0 Å². The van der Waals surface area contributed by atoms with E-state index in [1.165, 1.54) is 19.2 Å². The molecule has 0 spiro atoms. The van der Waals surface area contributed by atoms with E-state index in [0.717, 1.165) is 12.1 Å². The second-order valence-electron chi connectivity index (χ2n) is 5.24. The van der Waals surface area contributed by atoms with Crippen molar-refractivity contribution < 1.29 is 22.4 Å². The molecule has 0 bridgehead atoms. The fourth-order valence-electron chi connectivity index (χ4n) is 2.21. The van der Waals surface area contributed by atoms with Crippen molar-refractivity contribution in [2.75, 3.05) is 12.4 Å². The highest BCUT2D eigenvalue weighted by molar-refractivity contribution is 5.89. The topological polar surface area (TPSA) is 80.0 Å². The van der Waals surface area contributed by atoms with E-state index in [9.17, 15) is 18.0 Å². The molecule has 2 aromatic carbocycles. The number of aromatic nitrogens is 2. The Labute approximate surface area is 146 Å². The van der Waals surface area contributed by atoms with Gasteiger partial charge in [-0.3, -0.25) is 4.79 Å². The van der Waals surface area contributed by atoms with Crippen LogP contribution < -0.4 is 10.6 Å². The maximum Gasteiger partial charge on any atom is 0.416 e. The minimum absolute atomic E-state index is 0.110. The number of carbonyl (C=O) groups excluding carboxylic acids is 1. The van der Waals surface area contributed by atoms with Crippen LogP contribution in [0, 0.1) is 0 Å². The average molecular weight is 362 g/mol. The summed E-state index contributed by atoms with van der Waals surface area (Å²) in [7, 11) is 1.44. The van der Waals surface area contributed by atoms with Gasteiger partial charge < -0.3 is 15.1 Å². The molecule has 1 amide bonds. The maximum atomic E-state index is 12.6. The number of nitrogens with zero attached hydrogens (tertiary/aromatic N) is 2. The lowest BCUT2D eigenvalue weighted by atomic mass is 10.1. The van der Waals surface area contributed by atoms with Gasteiger partial charge in [-0.25, -0.2) is 0 Å². The van der Waals surface area contributed by atoms with Gasteiger partial charge in [0.15, 0.2) is 0 Å². The van der Waals surface area contributed by atoms with Crippen molar-refractivity contribution >= 4 is 17.3 Å². The number of nitrogens with one attached hydrogen (secondary N) is 2. The SMILES string of the molecule is CNC(=O)c1nnc(-c2ccccc2Nc2ccc(C(F)(F)F)cc2)o1. The fraction of sp³-hybridized carbons (Fsp3) is 0.118. The molecule has 0 saturated heterocycles. The number of anilines is 2. The molecule has 1 aromatic heterocycles. The highest BCUT2D eigenvalue weighted by Gasteiger charge is 2.30. The summed E-state index contributed by atoms with van der Waals surface area (Å²) in [4.78, 5) is 11.5. The Kier molecular flexibility index (Phi) is 4.61. The number of benzene rings is 2. The molecule has 26 heavy (non-hydrogen) atoms. The van der Waals surface area contributed by atoms with Gasteiger partial charge in [-0.15, -0.1) is 10.2 Å². The molecule has 0 aliphatic rings. The van der Waals surface area contributed by atoms with Gasteiger partial charge in [0.05, 0.1) is 16.8 Å². The molecule has 9 heteroatoms. The van der Waals surface area contributed by atoms with Crippen molar-refractivity contribution in [3.63, 3.8) is 0 Å². The van der Waals surface area contributed by atoms with Crippen molar-refractivity contribution in [1.29, 1.82) is 0 Å². The summed E-state index contributed by atoms with van der Waals surface area (Å²) >= 11 is 0. The van der Waals surface area contributed by atoms with Gasteiger partial charge in [-0.1, -0.05) is 12.1 Å². The lowest BCUT2D eigenvalue weighted by Gasteiger charge is -2.11. The summed E-state index contributed by atoms with van der Waals surface area (Å²) in [5.74, 6) is -0.595. The highest BCUT2D eigenvalue weighted by Crippen LogP contribution is 2.32. The average Bonchev–Trinajstić information content (AvgIpc) is 3.11. The largest absolute Gasteiger partial charge is 0.416 e. The zero-order valence-electron chi connectivity index (χ0n) is 13.5. The molecule has 3 rings (SSSR count). The molecule has 6 nitrogen and oxygen atoms in total. The van der Waals surface area contributed by atoms with Gasteiger partial charge in [0.2, 0.25) is 5.89 Å². The van der Waals surface area contributed by atoms with Gasteiger partial charge in [0, 0.05) is 12.7 Å². The van der Waals surface area contributed by atoms with Crippen LogP contribution >= 0.6 is 0 Å². The fourth-order valence-corrected chi connectivity index (χ4v) is 2.21. The first-order chi connectivity index (χ1) is 12.4. The van der Waals surface area contributed by atoms with E-state index in [-0.39, 0.29) is 11.8 Å². The van der Waals surface area contributed by atoms with Crippen LogP contribution in [-0.4, -0.2) is 23.2 Å². The molecule has 0 aliphatic heterocycles. The van der Waals surface area contributed by atoms with Crippen molar-refractivity contribution in [2.45, 2.75) is 6.18 Å². The Balaban J connectivity index is 1.88. The predicted octanol–water partition coefficient (Wildman–Crippen LogP) is 3.86. The summed E-state index contributed by atoms with van der Waals surface area (Å²) in [6.07, 6.45) is -4.39. The molecule has 1 heterocycles. The number of hydrogen-bond donors (Lipinski definition) is 2. The molecule has 134 valence electrons. The maximum absolute atomic E-state index is 12.6. The zero-order chi connectivity index (χ0) is 18.7. The minimum Gasteiger partial charge on any atom is -0.412 e. The first kappa shape index (κ1) is 17.5. The van der Waals surface area contributed by atoms with Crippen LogP contribution in [0.3, 0.4) is 0 Å². The first-order valence-electron chi connectivity index (χ1n) is 7.48. The summed E-state index contributed by atoms with van der Waals surface area (Å²) in [5, 5.41) is 12.9. The van der Waals surface area contributed by atoms with E-state index in [4.69, 9.17) is 4.42 Å². The third-order valence-electron chi connectivity index (χ3n) is 3.50. The van der Waals surface area contributed by atoms with Gasteiger partial charge in [0.25, 0.3) is 0 Å². The molecule has 0 unspecified atom stereocenters. The molecule has 2 N–H and O–H groups in total. The lowest BCUT2D eigenvalue weighted by Crippen LogP contribution is -2.17. The molecular weight excluding hydrogens is 349 g/mol. The monoisotopic (exact) mass is 362 g/mol. The van der Waals surface area contributed by atoms with Crippen LogP contribution in [0.25, 0.3) is 11.5 Å². The number of amides is 1. The Morgan fingerprint density at radius 3 is 2.38 bits per heavy atom. The summed E-state index contributed by atoms with van der Waals surface area (Å²) in [5.41, 5.74) is 0.773. The van der Waals surface area contributed by atoms with E-state index < -0.39 is 17.6 Å². The van der Waals surface area contributed by atoms with Crippen LogP contribution in [-0.2, 0) is 6.18 Å². The molecule has 0 fully saturated rings. The highest BCUT2D eigenvalue weighted by atomic mass is 19.4. The predicted molar refractivity (Wildman–Crippen MR) is 87.9 cm³/mol. The van der Waals surface area contributed by atoms with Crippen LogP contribution in [0.4, 0.5) is 24.5 Å². The quantitative estimate of drug-likeness (QED) is 0.737. The van der Waals surface area contributed by atoms with Crippen LogP contribution in [0.1, 0.15) is 16.2 Å². The molecule has 0 radical (unpaired) electrons. The van der Waals surface area contributed by atoms with E-state index in [2.05, 4.69) is 20.8 Å². The normalized spacial score (nSPS) is 11.2. The lowest BCUT2D eigenvalue weighted by molar-refractivity contribution is -0.137. The van der Waals surface area contributed by atoms with Crippen molar-refractivity contribution in [3.05, 3.63) is 60.0 Å². The molecular formula is C17H13F3N4O2. The van der Waals surface area contributed by atoms with E-state index in [1.807, 2.05) is 0 Å². The number of rotatable bonds is 4. The standard InChI is InChI=1S/C17H13F3N4O2/c1-21-14(25)16-24-23-15(26-16)12-4-2-3-5-13(12)22-11-8-6-10(7-9-11)17(18,19)20/h2-9,22H,1H3,(H,21,25). The Morgan fingerprint density at radius 1 is 1.04 bits per heavy atom. The summed E-state index contributed by atoms with van der Waals surface area (Å²) < 4.78 is 43.3. The summed E-state index contributed by atoms with van der Waals surface area (Å²) in [6.45, 7) is 0. The van der Waals surface area contributed by atoms with Crippen LogP contribution in [0.2, 0.25) is 0 Å². The minimum atomic E-state index is -4.39. The molecule has 0 atom stereocenters. The third kappa shape index (κ3) is 3.66. The van der Waals surface area contributed by atoms with Gasteiger partial charge in [-0.05, 0) is 36.4 Å². The third-order valence-corrected chi connectivity index (χ3v) is 3.50. The Hall–Kier alpha value is -3.36. The Bertz CT molecular complexity index is 920. The second kappa shape index (κ2) is 6.87. The van der Waals surface area contributed by atoms with Crippen LogP contribution in [0.15, 0.2) is 52.9 Å². The number of hydrogen-bond acceptors (Lipinski definition) is 5. The number of para-hydroxylation sites is 1. The Morgan fingerprint density at radius 2 is 1.73 bits per heavy atom.